The predicted octanol–water partition coefficient (Wildman–Crippen LogP) is 2.95. The van der Waals surface area contributed by atoms with Gasteiger partial charge in [0.15, 0.2) is 5.16 Å². The first kappa shape index (κ1) is 14.3. The van der Waals surface area contributed by atoms with Crippen molar-refractivity contribution < 1.29 is 14.6 Å². The molecule has 0 atom stereocenters. The lowest BCUT2D eigenvalue weighted by molar-refractivity contribution is 0.0693. The van der Waals surface area contributed by atoms with Crippen LogP contribution in [0.15, 0.2) is 34.3 Å². The second kappa shape index (κ2) is 5.92. The predicted molar refractivity (Wildman–Crippen MR) is 75.6 cm³/mol. The summed E-state index contributed by atoms with van der Waals surface area (Å²) in [5.74, 6) is -0.388. The molecule has 0 aliphatic rings. The summed E-state index contributed by atoms with van der Waals surface area (Å²) in [6.07, 6.45) is 0. The first-order valence-corrected chi connectivity index (χ1v) is 6.72. The minimum absolute atomic E-state index is 0.207. The minimum atomic E-state index is -0.987. The Labute approximate surface area is 121 Å². The average molecular weight is 290 g/mol. The molecule has 0 amide bonds. The molecule has 1 aromatic heterocycles. The van der Waals surface area contributed by atoms with Gasteiger partial charge in [0, 0.05) is 16.3 Å². The maximum Gasteiger partial charge on any atom is 0.336 e. The lowest BCUT2D eigenvalue weighted by Gasteiger charge is -2.08. The zero-order valence-corrected chi connectivity index (χ0v) is 12.2. The van der Waals surface area contributed by atoms with Gasteiger partial charge < -0.3 is 9.84 Å². The number of rotatable bonds is 4. The van der Waals surface area contributed by atoms with Crippen molar-refractivity contribution in [3.8, 4) is 5.75 Å². The summed E-state index contributed by atoms with van der Waals surface area (Å²) >= 11 is 1.22. The fourth-order valence-corrected chi connectivity index (χ4v) is 2.74. The first-order valence-electron chi connectivity index (χ1n) is 5.91. The van der Waals surface area contributed by atoms with Crippen LogP contribution in [0.3, 0.4) is 0 Å². The number of aromatic nitrogens is 2. The highest BCUT2D eigenvalue weighted by atomic mass is 32.2. The van der Waals surface area contributed by atoms with Gasteiger partial charge in [0.2, 0.25) is 0 Å². The van der Waals surface area contributed by atoms with E-state index in [1.165, 1.54) is 24.9 Å². The number of aryl methyl sites for hydroxylation is 2. The largest absolute Gasteiger partial charge is 0.497 e. The van der Waals surface area contributed by atoms with Gasteiger partial charge in [-0.15, -0.1) is 0 Å². The summed E-state index contributed by atoms with van der Waals surface area (Å²) in [6, 6.07) is 6.69. The number of methoxy groups -OCH3 is 1. The highest BCUT2D eigenvalue weighted by Gasteiger charge is 2.14. The molecule has 2 rings (SSSR count). The van der Waals surface area contributed by atoms with Gasteiger partial charge in [0.25, 0.3) is 0 Å². The van der Waals surface area contributed by atoms with Gasteiger partial charge in [-0.2, -0.15) is 0 Å². The van der Waals surface area contributed by atoms with Crippen molar-refractivity contribution in [2.24, 2.45) is 0 Å². The highest BCUT2D eigenvalue weighted by Crippen LogP contribution is 2.31. The van der Waals surface area contributed by atoms with Crippen LogP contribution in [0.4, 0.5) is 0 Å². The number of hydrogen-bond acceptors (Lipinski definition) is 5. The number of carboxylic acid groups (broad SMARTS) is 1. The van der Waals surface area contributed by atoms with E-state index in [0.29, 0.717) is 15.8 Å². The summed E-state index contributed by atoms with van der Waals surface area (Å²) in [5.41, 5.74) is 1.90. The van der Waals surface area contributed by atoms with Crippen molar-refractivity contribution in [3.05, 3.63) is 41.2 Å². The molecule has 2 aromatic rings. The molecule has 0 fully saturated rings. The first-order chi connectivity index (χ1) is 9.49. The Bertz CT molecular complexity index is 639. The van der Waals surface area contributed by atoms with Gasteiger partial charge in [-0.1, -0.05) is 0 Å². The smallest absolute Gasteiger partial charge is 0.336 e. The number of nitrogens with zero attached hydrogens (tertiary/aromatic N) is 2. The third-order valence-corrected chi connectivity index (χ3v) is 3.51. The Morgan fingerprint density at radius 3 is 2.40 bits per heavy atom. The summed E-state index contributed by atoms with van der Waals surface area (Å²) < 4.78 is 5.13. The second-order valence-electron chi connectivity index (χ2n) is 4.20. The van der Waals surface area contributed by atoms with E-state index in [0.717, 1.165) is 11.4 Å². The van der Waals surface area contributed by atoms with E-state index in [2.05, 4.69) is 9.97 Å². The average Bonchev–Trinajstić information content (AvgIpc) is 2.37. The van der Waals surface area contributed by atoms with Crippen molar-refractivity contribution in [1.82, 2.24) is 9.97 Å². The lowest BCUT2D eigenvalue weighted by atomic mass is 10.2. The maximum atomic E-state index is 11.3. The van der Waals surface area contributed by atoms with Crippen LogP contribution in [0.1, 0.15) is 21.7 Å². The third kappa shape index (κ3) is 3.27. The quantitative estimate of drug-likeness (QED) is 0.873. The van der Waals surface area contributed by atoms with Crippen LogP contribution in [0.5, 0.6) is 5.75 Å². The van der Waals surface area contributed by atoms with Crippen molar-refractivity contribution in [3.63, 3.8) is 0 Å². The van der Waals surface area contributed by atoms with Crippen molar-refractivity contribution >= 4 is 17.7 Å². The fraction of sp³-hybridized carbons (Fsp3) is 0.214. The molecule has 1 aromatic carbocycles. The van der Waals surface area contributed by atoms with E-state index < -0.39 is 5.97 Å². The Kier molecular flexibility index (Phi) is 4.24. The number of carbonyl (C=O) groups is 1. The molecule has 104 valence electrons. The molecule has 1 heterocycles. The zero-order valence-electron chi connectivity index (χ0n) is 11.4. The van der Waals surface area contributed by atoms with Crippen molar-refractivity contribution in [2.45, 2.75) is 23.9 Å². The van der Waals surface area contributed by atoms with E-state index in [1.54, 1.807) is 12.1 Å². The normalized spacial score (nSPS) is 10.3. The molecular weight excluding hydrogens is 276 g/mol. The molecule has 0 saturated carbocycles. The van der Waals surface area contributed by atoms with Gasteiger partial charge in [0.1, 0.15) is 5.75 Å². The monoisotopic (exact) mass is 290 g/mol. The van der Waals surface area contributed by atoms with Crippen molar-refractivity contribution in [2.75, 3.05) is 7.11 Å². The van der Waals surface area contributed by atoms with Crippen molar-refractivity contribution in [1.29, 1.82) is 0 Å². The van der Waals surface area contributed by atoms with Crippen LogP contribution in [-0.2, 0) is 0 Å². The maximum absolute atomic E-state index is 11.3. The van der Waals surface area contributed by atoms with E-state index in [9.17, 15) is 9.90 Å². The molecule has 20 heavy (non-hydrogen) atoms. The summed E-state index contributed by atoms with van der Waals surface area (Å²) in [4.78, 5) is 20.4. The molecule has 0 saturated heterocycles. The molecule has 0 aliphatic heterocycles. The SMILES string of the molecule is COc1ccc(C(=O)O)c(Sc2nc(C)cc(C)n2)c1. The Hall–Kier alpha value is -2.08. The van der Waals surface area contributed by atoms with Crippen LogP contribution in [0.25, 0.3) is 0 Å². The standard InChI is InChI=1S/C14H14N2O3S/c1-8-6-9(2)16-14(15-8)20-12-7-10(19-3)4-5-11(12)13(17)18/h4-7H,1-3H3,(H,17,18). The topological polar surface area (TPSA) is 72.3 Å². The molecule has 0 radical (unpaired) electrons. The second-order valence-corrected chi connectivity index (χ2v) is 5.21. The van der Waals surface area contributed by atoms with Gasteiger partial charge in [0.05, 0.1) is 12.7 Å². The molecule has 0 unspecified atom stereocenters. The van der Waals surface area contributed by atoms with Gasteiger partial charge >= 0.3 is 5.97 Å². The number of aromatic carboxylic acids is 1. The van der Waals surface area contributed by atoms with Gasteiger partial charge in [-0.25, -0.2) is 14.8 Å². The number of carboxylic acids is 1. The molecular formula is C14H14N2O3S. The number of ether oxygens (including phenoxy) is 1. The van der Waals surface area contributed by atoms with Crippen LogP contribution in [0.2, 0.25) is 0 Å². The minimum Gasteiger partial charge on any atom is -0.497 e. The molecule has 1 N–H and O–H groups in total. The van der Waals surface area contributed by atoms with Crippen LogP contribution in [0, 0.1) is 13.8 Å². The summed E-state index contributed by atoms with van der Waals surface area (Å²) in [5, 5.41) is 9.75. The van der Waals surface area contributed by atoms with Crippen LogP contribution < -0.4 is 4.74 Å². The Morgan fingerprint density at radius 2 is 1.85 bits per heavy atom. The molecule has 5 nitrogen and oxygen atoms in total. The number of hydrogen-bond donors (Lipinski definition) is 1. The van der Waals surface area contributed by atoms with E-state index >= 15 is 0 Å². The zero-order chi connectivity index (χ0) is 14.7. The number of benzene rings is 1. The Balaban J connectivity index is 2.42. The molecule has 6 heteroatoms. The van der Waals surface area contributed by atoms with E-state index in [1.807, 2.05) is 19.9 Å². The molecule has 0 spiro atoms. The molecule has 0 aliphatic carbocycles. The summed E-state index contributed by atoms with van der Waals surface area (Å²) in [6.45, 7) is 3.75. The van der Waals surface area contributed by atoms with E-state index in [-0.39, 0.29) is 5.56 Å². The van der Waals surface area contributed by atoms with E-state index in [4.69, 9.17) is 4.74 Å². The third-order valence-electron chi connectivity index (χ3n) is 2.58. The Morgan fingerprint density at radius 1 is 1.20 bits per heavy atom. The van der Waals surface area contributed by atoms with Crippen LogP contribution >= 0.6 is 11.8 Å². The van der Waals surface area contributed by atoms with Crippen LogP contribution in [-0.4, -0.2) is 28.2 Å². The van der Waals surface area contributed by atoms with Gasteiger partial charge in [-0.05, 0) is 49.9 Å². The fourth-order valence-electron chi connectivity index (χ4n) is 1.73. The molecule has 0 bridgehead atoms. The highest BCUT2D eigenvalue weighted by molar-refractivity contribution is 7.99. The summed E-state index contributed by atoms with van der Waals surface area (Å²) in [7, 11) is 1.54. The van der Waals surface area contributed by atoms with Gasteiger partial charge in [-0.3, -0.25) is 0 Å². The lowest BCUT2D eigenvalue weighted by Crippen LogP contribution is -2.00.